The summed E-state index contributed by atoms with van der Waals surface area (Å²) in [5, 5.41) is 10.8. The van der Waals surface area contributed by atoms with Crippen molar-refractivity contribution >= 4 is 6.29 Å². The monoisotopic (exact) mass is 440 g/mol. The van der Waals surface area contributed by atoms with Crippen LogP contribution in [0.15, 0.2) is 11.6 Å². The molecule has 180 valence electrons. The molecule has 0 unspecified atom stereocenters. The zero-order valence-electron chi connectivity index (χ0n) is 21.7. The van der Waals surface area contributed by atoms with Gasteiger partial charge in [-0.05, 0) is 134 Å². The Balaban J connectivity index is 1.39. The van der Waals surface area contributed by atoms with Gasteiger partial charge in [-0.1, -0.05) is 40.7 Å². The molecule has 0 heterocycles. The molecule has 2 nitrogen and oxygen atoms in total. The Morgan fingerprint density at radius 3 is 2.34 bits per heavy atom. The van der Waals surface area contributed by atoms with Crippen LogP contribution in [0.1, 0.15) is 112 Å². The van der Waals surface area contributed by atoms with Gasteiger partial charge >= 0.3 is 0 Å². The second-order valence-electron chi connectivity index (χ2n) is 14.1. The molecule has 5 saturated carbocycles. The normalized spacial score (nSPS) is 52.3. The molecule has 5 fully saturated rings. The van der Waals surface area contributed by atoms with E-state index in [9.17, 15) is 9.90 Å². The van der Waals surface area contributed by atoms with Gasteiger partial charge in [0.2, 0.25) is 0 Å². The number of hydrogen-bond acceptors (Lipinski definition) is 2. The Bertz CT molecular complexity index is 812. The number of rotatable bonds is 5. The number of fused-ring (bicyclic) bond motifs is 2. The van der Waals surface area contributed by atoms with Gasteiger partial charge in [0.1, 0.15) is 6.29 Å². The number of hydrogen-bond donors (Lipinski definition) is 1. The lowest BCUT2D eigenvalue weighted by atomic mass is 9.41. The molecular weight excluding hydrogens is 392 g/mol. The molecule has 0 aromatic heterocycles. The molecule has 9 atom stereocenters. The van der Waals surface area contributed by atoms with Crippen molar-refractivity contribution < 1.29 is 9.90 Å². The lowest BCUT2D eigenvalue weighted by Crippen LogP contribution is -2.57. The highest BCUT2D eigenvalue weighted by atomic mass is 16.3. The fraction of sp³-hybridized carbons (Fsp3) is 0.900. The number of carbonyl (C=O) groups excluding carboxylic acids is 1. The van der Waals surface area contributed by atoms with Crippen LogP contribution in [0.25, 0.3) is 0 Å². The Morgan fingerprint density at radius 1 is 0.938 bits per heavy atom. The highest BCUT2D eigenvalue weighted by Crippen LogP contribution is 2.89. The van der Waals surface area contributed by atoms with Gasteiger partial charge in [-0.25, -0.2) is 0 Å². The van der Waals surface area contributed by atoms with E-state index in [1.807, 2.05) is 6.92 Å². The van der Waals surface area contributed by atoms with Crippen molar-refractivity contribution in [3.8, 4) is 0 Å². The van der Waals surface area contributed by atoms with Crippen molar-refractivity contribution in [2.45, 2.75) is 118 Å². The average molecular weight is 441 g/mol. The summed E-state index contributed by atoms with van der Waals surface area (Å²) in [5.74, 6) is 3.18. The maximum atomic E-state index is 11.0. The summed E-state index contributed by atoms with van der Waals surface area (Å²) in [4.78, 5) is 11.0. The molecule has 0 radical (unpaired) electrons. The second-order valence-corrected chi connectivity index (χ2v) is 14.1. The zero-order valence-corrected chi connectivity index (χ0v) is 21.7. The van der Waals surface area contributed by atoms with E-state index in [1.54, 1.807) is 0 Å². The first-order valence-electron chi connectivity index (χ1n) is 13.8. The quantitative estimate of drug-likeness (QED) is 0.358. The van der Waals surface area contributed by atoms with Crippen LogP contribution < -0.4 is 0 Å². The van der Waals surface area contributed by atoms with E-state index in [4.69, 9.17) is 0 Å². The Labute approximate surface area is 197 Å². The van der Waals surface area contributed by atoms with Crippen LogP contribution in [0.4, 0.5) is 0 Å². The summed E-state index contributed by atoms with van der Waals surface area (Å²) in [7, 11) is 0. The number of aliphatic hydroxyl groups is 1. The minimum absolute atomic E-state index is 0.0915. The van der Waals surface area contributed by atoms with E-state index in [-0.39, 0.29) is 11.5 Å². The molecule has 2 heteroatoms. The summed E-state index contributed by atoms with van der Waals surface area (Å²) >= 11 is 0. The van der Waals surface area contributed by atoms with E-state index in [2.05, 4.69) is 40.7 Å². The topological polar surface area (TPSA) is 37.3 Å². The third-order valence-corrected chi connectivity index (χ3v) is 13.1. The first kappa shape index (κ1) is 23.1. The van der Waals surface area contributed by atoms with Crippen molar-refractivity contribution in [3.63, 3.8) is 0 Å². The standard InChI is InChI=1S/C30H48O2/c1-20(18-31)8-7-9-21(2)22-12-14-28(6)24-11-10-23-26(3,4)25(32)13-15-29(23)19-30(24,29)17-16-27(22,28)5/h8,18,21-25,32H,7,9-17,19H2,1-6H3/b20-8+/t21-,22-,23+,24+,25-,27-,28+,29-,30+/m1/s1. The molecule has 0 aliphatic heterocycles. The smallest absolute Gasteiger partial charge is 0.145 e. The van der Waals surface area contributed by atoms with E-state index in [0.29, 0.717) is 21.7 Å². The minimum Gasteiger partial charge on any atom is -0.393 e. The predicted molar refractivity (Wildman–Crippen MR) is 131 cm³/mol. The van der Waals surface area contributed by atoms with Crippen molar-refractivity contribution in [3.05, 3.63) is 11.6 Å². The third-order valence-electron chi connectivity index (χ3n) is 13.1. The number of aldehydes is 1. The molecule has 32 heavy (non-hydrogen) atoms. The van der Waals surface area contributed by atoms with E-state index >= 15 is 0 Å². The van der Waals surface area contributed by atoms with Gasteiger partial charge in [0.05, 0.1) is 6.10 Å². The molecule has 0 amide bonds. The van der Waals surface area contributed by atoms with Crippen molar-refractivity contribution in [2.24, 2.45) is 50.7 Å². The fourth-order valence-electron chi connectivity index (χ4n) is 11.1. The van der Waals surface area contributed by atoms with Gasteiger partial charge in [0.15, 0.2) is 0 Å². The van der Waals surface area contributed by atoms with Gasteiger partial charge in [-0.15, -0.1) is 0 Å². The molecule has 5 aliphatic carbocycles. The first-order valence-corrected chi connectivity index (χ1v) is 13.8. The second kappa shape index (κ2) is 7.19. The third kappa shape index (κ3) is 2.71. The molecular formula is C30H48O2. The van der Waals surface area contributed by atoms with Crippen LogP contribution in [0, 0.1) is 50.7 Å². The van der Waals surface area contributed by atoms with Crippen molar-refractivity contribution in [1.82, 2.24) is 0 Å². The van der Waals surface area contributed by atoms with Crippen LogP contribution >= 0.6 is 0 Å². The lowest BCUT2D eigenvalue weighted by molar-refractivity contribution is -0.161. The van der Waals surface area contributed by atoms with Crippen LogP contribution in [0.3, 0.4) is 0 Å². The summed E-state index contributed by atoms with van der Waals surface area (Å²) in [6.07, 6.45) is 17.5. The summed E-state index contributed by atoms with van der Waals surface area (Å²) < 4.78 is 0. The molecule has 1 N–H and O–H groups in total. The Hall–Kier alpha value is -0.630. The van der Waals surface area contributed by atoms with Gasteiger partial charge in [-0.2, -0.15) is 0 Å². The largest absolute Gasteiger partial charge is 0.393 e. The average Bonchev–Trinajstić information content (AvgIpc) is 3.33. The van der Waals surface area contributed by atoms with Crippen LogP contribution in [-0.2, 0) is 4.79 Å². The predicted octanol–water partition coefficient (Wildman–Crippen LogP) is 7.35. The van der Waals surface area contributed by atoms with Crippen LogP contribution in [0.5, 0.6) is 0 Å². The van der Waals surface area contributed by atoms with Crippen LogP contribution in [-0.4, -0.2) is 17.5 Å². The highest BCUT2D eigenvalue weighted by molar-refractivity contribution is 5.71. The minimum atomic E-state index is -0.106. The SMILES string of the molecule is C/C(C=O)=C\CC[C@@H](C)[C@H]1CC[C@@]2(C)[C@@H]3CC[C@H]4C(C)(C)[C@H](O)CC[C@@]45C[C@@]35CC[C@]12C. The number of carbonyl (C=O) groups is 1. The first-order chi connectivity index (χ1) is 15.0. The maximum Gasteiger partial charge on any atom is 0.145 e. The van der Waals surface area contributed by atoms with E-state index in [1.165, 1.54) is 57.8 Å². The Morgan fingerprint density at radius 2 is 1.62 bits per heavy atom. The molecule has 5 rings (SSSR count). The van der Waals surface area contributed by atoms with Crippen molar-refractivity contribution in [1.29, 1.82) is 0 Å². The summed E-state index contributed by atoms with van der Waals surface area (Å²) in [6.45, 7) is 14.6. The zero-order chi connectivity index (χ0) is 23.2. The molecule has 5 aliphatic rings. The molecule has 0 saturated heterocycles. The van der Waals surface area contributed by atoms with Gasteiger partial charge in [0, 0.05) is 0 Å². The van der Waals surface area contributed by atoms with Crippen LogP contribution in [0.2, 0.25) is 0 Å². The molecule has 2 spiro atoms. The fourth-order valence-corrected chi connectivity index (χ4v) is 11.1. The highest BCUT2D eigenvalue weighted by Gasteiger charge is 2.82. The van der Waals surface area contributed by atoms with Gasteiger partial charge < -0.3 is 5.11 Å². The van der Waals surface area contributed by atoms with Gasteiger partial charge in [-0.3, -0.25) is 4.79 Å². The maximum absolute atomic E-state index is 11.0. The summed E-state index contributed by atoms with van der Waals surface area (Å²) in [5.41, 5.74) is 3.05. The molecule has 0 aromatic rings. The Kier molecular flexibility index (Phi) is 5.20. The molecule has 0 aromatic carbocycles. The van der Waals surface area contributed by atoms with E-state index < -0.39 is 0 Å². The number of allylic oxidation sites excluding steroid dienone is 2. The lowest BCUT2D eigenvalue weighted by Gasteiger charge is -2.63. The number of aliphatic hydroxyl groups excluding tert-OH is 1. The van der Waals surface area contributed by atoms with Gasteiger partial charge in [0.25, 0.3) is 0 Å². The summed E-state index contributed by atoms with van der Waals surface area (Å²) in [6, 6.07) is 0. The van der Waals surface area contributed by atoms with E-state index in [0.717, 1.165) is 48.4 Å². The molecule has 0 bridgehead atoms. The van der Waals surface area contributed by atoms with Crippen molar-refractivity contribution in [2.75, 3.05) is 0 Å².